The van der Waals surface area contributed by atoms with Crippen molar-refractivity contribution in [1.82, 2.24) is 5.32 Å². The maximum Gasteiger partial charge on any atom is 0.224 e. The van der Waals surface area contributed by atoms with Gasteiger partial charge in [0.15, 0.2) is 0 Å². The van der Waals surface area contributed by atoms with Crippen LogP contribution < -0.4 is 11.1 Å². The van der Waals surface area contributed by atoms with Gasteiger partial charge in [-0.2, -0.15) is 0 Å². The number of nitrogens with two attached hydrogens (primary N) is 1. The number of rotatable bonds is 6. The van der Waals surface area contributed by atoms with Crippen LogP contribution in [0.5, 0.6) is 0 Å². The highest BCUT2D eigenvalue weighted by Gasteiger charge is 2.64. The lowest BCUT2D eigenvalue weighted by molar-refractivity contribution is -0.125. The second-order valence-electron chi connectivity index (χ2n) is 7.30. The fourth-order valence-electron chi connectivity index (χ4n) is 3.07. The minimum atomic E-state index is -0.0324. The Bertz CT molecular complexity index is 294. The minimum Gasteiger partial charge on any atom is -0.356 e. The van der Waals surface area contributed by atoms with E-state index >= 15 is 0 Å². The molecular formula is C15H30N2O. The number of carbonyl (C=O) groups excluding carboxylic acids is 1. The molecule has 3 N–H and O–H groups in total. The molecule has 106 valence electrons. The van der Waals surface area contributed by atoms with Crippen molar-refractivity contribution < 1.29 is 4.79 Å². The smallest absolute Gasteiger partial charge is 0.224 e. The molecule has 1 atom stereocenters. The zero-order valence-corrected chi connectivity index (χ0v) is 12.8. The van der Waals surface area contributed by atoms with E-state index in [0.717, 1.165) is 13.0 Å². The number of nitrogens with one attached hydrogen (secondary N) is 1. The number of amides is 1. The number of hydrogen-bond acceptors (Lipinski definition) is 2. The van der Waals surface area contributed by atoms with Gasteiger partial charge in [-0.25, -0.2) is 0 Å². The standard InChI is InChI=1S/C15H30N2O/c1-10(2)7-11(8-16)13(18)17-9-12-14(3,4)15(12,5)6/h10-12H,7-9,16H2,1-6H3,(H,17,18). The van der Waals surface area contributed by atoms with Gasteiger partial charge in [0.1, 0.15) is 0 Å². The van der Waals surface area contributed by atoms with Crippen molar-refractivity contribution in [3.05, 3.63) is 0 Å². The van der Waals surface area contributed by atoms with Gasteiger partial charge in [0.25, 0.3) is 0 Å². The predicted octanol–water partition coefficient (Wildman–Crippen LogP) is 2.41. The third-order valence-electron chi connectivity index (χ3n) is 5.21. The lowest BCUT2D eigenvalue weighted by Crippen LogP contribution is -2.37. The summed E-state index contributed by atoms with van der Waals surface area (Å²) in [7, 11) is 0. The van der Waals surface area contributed by atoms with Gasteiger partial charge in [0.2, 0.25) is 5.91 Å². The molecule has 0 bridgehead atoms. The molecule has 1 fully saturated rings. The molecule has 3 heteroatoms. The molecule has 1 aliphatic rings. The van der Waals surface area contributed by atoms with Crippen LogP contribution in [-0.4, -0.2) is 19.0 Å². The van der Waals surface area contributed by atoms with Gasteiger partial charge in [-0.3, -0.25) is 4.79 Å². The summed E-state index contributed by atoms with van der Waals surface area (Å²) in [5, 5.41) is 3.09. The summed E-state index contributed by atoms with van der Waals surface area (Å²) in [6.45, 7) is 14.6. The van der Waals surface area contributed by atoms with Crippen LogP contribution in [0.25, 0.3) is 0 Å². The van der Waals surface area contributed by atoms with E-state index in [9.17, 15) is 4.79 Å². The molecule has 1 saturated carbocycles. The fourth-order valence-corrected chi connectivity index (χ4v) is 3.07. The lowest BCUT2D eigenvalue weighted by atomic mass is 9.96. The van der Waals surface area contributed by atoms with E-state index in [1.165, 1.54) is 0 Å². The molecular weight excluding hydrogens is 224 g/mol. The molecule has 0 spiro atoms. The molecule has 0 aromatic rings. The highest BCUT2D eigenvalue weighted by Crippen LogP contribution is 2.67. The van der Waals surface area contributed by atoms with Crippen LogP contribution in [0.15, 0.2) is 0 Å². The Balaban J connectivity index is 2.42. The zero-order chi connectivity index (χ0) is 14.1. The minimum absolute atomic E-state index is 0.0324. The van der Waals surface area contributed by atoms with E-state index in [-0.39, 0.29) is 11.8 Å². The van der Waals surface area contributed by atoms with Gasteiger partial charge in [-0.05, 0) is 29.1 Å². The van der Waals surface area contributed by atoms with Gasteiger partial charge < -0.3 is 11.1 Å². The van der Waals surface area contributed by atoms with Gasteiger partial charge in [0, 0.05) is 13.1 Å². The first-order valence-electron chi connectivity index (χ1n) is 7.12. The average Bonchev–Trinajstić information content (AvgIpc) is 2.62. The van der Waals surface area contributed by atoms with Crippen molar-refractivity contribution in [2.24, 2.45) is 34.3 Å². The fraction of sp³-hybridized carbons (Fsp3) is 0.933. The highest BCUT2D eigenvalue weighted by atomic mass is 16.1. The summed E-state index contributed by atoms with van der Waals surface area (Å²) in [6.07, 6.45) is 0.875. The first kappa shape index (κ1) is 15.5. The van der Waals surface area contributed by atoms with Crippen molar-refractivity contribution in [2.45, 2.75) is 48.0 Å². The van der Waals surface area contributed by atoms with Gasteiger partial charge in [-0.15, -0.1) is 0 Å². The van der Waals surface area contributed by atoms with Crippen LogP contribution in [0.2, 0.25) is 0 Å². The Morgan fingerprint density at radius 3 is 2.06 bits per heavy atom. The Morgan fingerprint density at radius 1 is 1.22 bits per heavy atom. The molecule has 0 aliphatic heterocycles. The molecule has 0 saturated heterocycles. The third-order valence-corrected chi connectivity index (χ3v) is 5.21. The predicted molar refractivity (Wildman–Crippen MR) is 76.1 cm³/mol. The second-order valence-corrected chi connectivity index (χ2v) is 7.30. The SMILES string of the molecule is CC(C)CC(CN)C(=O)NCC1C(C)(C)C1(C)C. The Morgan fingerprint density at radius 2 is 1.72 bits per heavy atom. The van der Waals surface area contributed by atoms with Crippen molar-refractivity contribution in [1.29, 1.82) is 0 Å². The lowest BCUT2D eigenvalue weighted by Gasteiger charge is -2.17. The van der Waals surface area contributed by atoms with Crippen molar-refractivity contribution in [3.8, 4) is 0 Å². The second kappa shape index (κ2) is 5.20. The quantitative estimate of drug-likeness (QED) is 0.765. The highest BCUT2D eigenvalue weighted by molar-refractivity contribution is 5.78. The molecule has 0 aromatic heterocycles. The van der Waals surface area contributed by atoms with E-state index in [2.05, 4.69) is 46.9 Å². The van der Waals surface area contributed by atoms with Gasteiger partial charge in [0.05, 0.1) is 5.92 Å². The van der Waals surface area contributed by atoms with Crippen LogP contribution >= 0.6 is 0 Å². The van der Waals surface area contributed by atoms with Crippen molar-refractivity contribution >= 4 is 5.91 Å². The summed E-state index contributed by atoms with van der Waals surface area (Å²) in [5.41, 5.74) is 6.35. The Hall–Kier alpha value is -0.570. The van der Waals surface area contributed by atoms with Crippen molar-refractivity contribution in [3.63, 3.8) is 0 Å². The van der Waals surface area contributed by atoms with E-state index in [0.29, 0.717) is 29.2 Å². The molecule has 1 amide bonds. The monoisotopic (exact) mass is 254 g/mol. The van der Waals surface area contributed by atoms with E-state index in [4.69, 9.17) is 5.73 Å². The molecule has 0 heterocycles. The van der Waals surface area contributed by atoms with Gasteiger partial charge >= 0.3 is 0 Å². The number of hydrogen-bond donors (Lipinski definition) is 2. The molecule has 1 rings (SSSR count). The molecule has 3 nitrogen and oxygen atoms in total. The normalized spacial score (nSPS) is 22.9. The van der Waals surface area contributed by atoms with E-state index < -0.39 is 0 Å². The Labute approximate surface area is 112 Å². The van der Waals surface area contributed by atoms with Gasteiger partial charge in [-0.1, -0.05) is 41.5 Å². The van der Waals surface area contributed by atoms with Crippen molar-refractivity contribution in [2.75, 3.05) is 13.1 Å². The maximum atomic E-state index is 12.1. The summed E-state index contributed by atoms with van der Waals surface area (Å²) in [5.74, 6) is 1.18. The third kappa shape index (κ3) is 2.87. The summed E-state index contributed by atoms with van der Waals surface area (Å²) in [4.78, 5) is 12.1. The van der Waals surface area contributed by atoms with Crippen LogP contribution in [-0.2, 0) is 4.79 Å². The topological polar surface area (TPSA) is 55.1 Å². The zero-order valence-electron chi connectivity index (χ0n) is 12.8. The largest absolute Gasteiger partial charge is 0.356 e. The van der Waals surface area contributed by atoms with E-state index in [1.807, 2.05) is 0 Å². The Kier molecular flexibility index (Phi) is 4.47. The summed E-state index contributed by atoms with van der Waals surface area (Å²) in [6, 6.07) is 0. The summed E-state index contributed by atoms with van der Waals surface area (Å²) < 4.78 is 0. The molecule has 1 unspecified atom stereocenters. The van der Waals surface area contributed by atoms with Crippen LogP contribution in [0.3, 0.4) is 0 Å². The van der Waals surface area contributed by atoms with Crippen LogP contribution in [0, 0.1) is 28.6 Å². The summed E-state index contributed by atoms with van der Waals surface area (Å²) >= 11 is 0. The maximum absolute atomic E-state index is 12.1. The first-order chi connectivity index (χ1) is 8.14. The van der Waals surface area contributed by atoms with E-state index in [1.54, 1.807) is 0 Å². The molecule has 0 radical (unpaired) electrons. The van der Waals surface area contributed by atoms with Crippen LogP contribution in [0.4, 0.5) is 0 Å². The molecule has 1 aliphatic carbocycles. The molecule has 18 heavy (non-hydrogen) atoms. The molecule has 0 aromatic carbocycles. The average molecular weight is 254 g/mol. The van der Waals surface area contributed by atoms with Crippen LogP contribution in [0.1, 0.15) is 48.0 Å². The number of carbonyl (C=O) groups is 1. The first-order valence-corrected chi connectivity index (χ1v) is 7.12.